The van der Waals surface area contributed by atoms with Crippen LogP contribution in [0.1, 0.15) is 12.5 Å². The van der Waals surface area contributed by atoms with Crippen LogP contribution in [0.2, 0.25) is 5.02 Å². The molecular formula is C25H21ClN2O3. The fourth-order valence-corrected chi connectivity index (χ4v) is 3.79. The summed E-state index contributed by atoms with van der Waals surface area (Å²) >= 11 is 6.13. The molecular weight excluding hydrogens is 412 g/mol. The summed E-state index contributed by atoms with van der Waals surface area (Å²) in [6.45, 7) is 2.45. The largest absolute Gasteiger partial charge is 0.494 e. The number of hydrogen-bond acceptors (Lipinski definition) is 4. The smallest absolute Gasteiger partial charge is 0.282 e. The van der Waals surface area contributed by atoms with Gasteiger partial charge in [0.15, 0.2) is 0 Å². The van der Waals surface area contributed by atoms with Crippen LogP contribution in [0.4, 0.5) is 11.4 Å². The Morgan fingerprint density at radius 3 is 2.26 bits per heavy atom. The van der Waals surface area contributed by atoms with Gasteiger partial charge in [-0.25, -0.2) is 4.90 Å². The SMILES string of the molecule is CCOc1ccc(C2=C(N(C)c3ccccc3)C(=O)N(c3cccc(Cl)c3)C2=O)cc1. The maximum Gasteiger partial charge on any atom is 0.282 e. The van der Waals surface area contributed by atoms with Gasteiger partial charge in [0.2, 0.25) is 0 Å². The Bertz CT molecular complexity index is 1160. The predicted octanol–water partition coefficient (Wildman–Crippen LogP) is 5.16. The lowest BCUT2D eigenvalue weighted by Gasteiger charge is -2.21. The number of ether oxygens (including phenoxy) is 1. The number of imide groups is 1. The quantitative estimate of drug-likeness (QED) is 0.505. The first-order valence-corrected chi connectivity index (χ1v) is 10.3. The number of hydrogen-bond donors (Lipinski definition) is 0. The molecule has 0 aliphatic carbocycles. The minimum absolute atomic E-state index is 0.306. The zero-order valence-electron chi connectivity index (χ0n) is 17.2. The lowest BCUT2D eigenvalue weighted by Crippen LogP contribution is -2.34. The summed E-state index contributed by atoms with van der Waals surface area (Å²) in [6.07, 6.45) is 0. The second-order valence-electron chi connectivity index (χ2n) is 7.00. The molecule has 0 saturated heterocycles. The van der Waals surface area contributed by atoms with Gasteiger partial charge in [-0.3, -0.25) is 9.59 Å². The molecule has 5 nitrogen and oxygen atoms in total. The molecule has 6 heteroatoms. The third-order valence-corrected chi connectivity index (χ3v) is 5.29. The third-order valence-electron chi connectivity index (χ3n) is 5.06. The topological polar surface area (TPSA) is 49.9 Å². The molecule has 0 bridgehead atoms. The van der Waals surface area contributed by atoms with Crippen molar-refractivity contribution in [3.05, 3.63) is 95.1 Å². The van der Waals surface area contributed by atoms with Gasteiger partial charge >= 0.3 is 0 Å². The average Bonchev–Trinajstić information content (AvgIpc) is 3.04. The Labute approximate surface area is 186 Å². The van der Waals surface area contributed by atoms with Crippen LogP contribution in [0.5, 0.6) is 5.75 Å². The summed E-state index contributed by atoms with van der Waals surface area (Å²) < 4.78 is 5.52. The molecule has 0 N–H and O–H groups in total. The van der Waals surface area contributed by atoms with Gasteiger partial charge in [-0.05, 0) is 55.0 Å². The third kappa shape index (κ3) is 3.92. The summed E-state index contributed by atoms with van der Waals surface area (Å²) in [6, 6.07) is 23.4. The van der Waals surface area contributed by atoms with Gasteiger partial charge in [-0.2, -0.15) is 0 Å². The lowest BCUT2D eigenvalue weighted by atomic mass is 10.0. The van der Waals surface area contributed by atoms with Gasteiger partial charge in [-0.1, -0.05) is 48.0 Å². The van der Waals surface area contributed by atoms with Gasteiger partial charge in [0, 0.05) is 17.8 Å². The lowest BCUT2D eigenvalue weighted by molar-refractivity contribution is -0.120. The van der Waals surface area contributed by atoms with Crippen LogP contribution >= 0.6 is 11.6 Å². The van der Waals surface area contributed by atoms with E-state index in [9.17, 15) is 9.59 Å². The Balaban J connectivity index is 1.84. The summed E-state index contributed by atoms with van der Waals surface area (Å²) in [4.78, 5) is 30.0. The Hall–Kier alpha value is -3.57. The van der Waals surface area contributed by atoms with Crippen LogP contribution < -0.4 is 14.5 Å². The van der Waals surface area contributed by atoms with E-state index in [2.05, 4.69) is 0 Å². The van der Waals surface area contributed by atoms with Gasteiger partial charge in [0.25, 0.3) is 11.8 Å². The van der Waals surface area contributed by atoms with E-state index in [1.165, 1.54) is 4.90 Å². The summed E-state index contributed by atoms with van der Waals surface area (Å²) in [5, 5.41) is 0.450. The molecule has 31 heavy (non-hydrogen) atoms. The van der Waals surface area contributed by atoms with Crippen molar-refractivity contribution in [3.63, 3.8) is 0 Å². The molecule has 3 aromatic carbocycles. The van der Waals surface area contributed by atoms with Crippen LogP contribution in [0.3, 0.4) is 0 Å². The van der Waals surface area contributed by atoms with E-state index < -0.39 is 11.8 Å². The average molecular weight is 433 g/mol. The van der Waals surface area contributed by atoms with Crippen LogP contribution in [0.25, 0.3) is 5.57 Å². The molecule has 2 amide bonds. The standard InChI is InChI=1S/C25H21ClN2O3/c1-3-31-21-14-12-17(13-15-21)22-23(27(2)19-9-5-4-6-10-19)25(30)28(24(22)29)20-11-7-8-18(26)16-20/h4-16H,3H2,1-2H3. The first kappa shape index (κ1) is 20.7. The Kier molecular flexibility index (Phi) is 5.78. The van der Waals surface area contributed by atoms with Crippen molar-refractivity contribution in [1.82, 2.24) is 0 Å². The molecule has 1 aliphatic rings. The molecule has 156 valence electrons. The summed E-state index contributed by atoms with van der Waals surface area (Å²) in [7, 11) is 1.78. The Morgan fingerprint density at radius 1 is 0.903 bits per heavy atom. The molecule has 0 atom stereocenters. The van der Waals surface area contributed by atoms with Gasteiger partial charge in [0.1, 0.15) is 11.4 Å². The molecule has 0 fully saturated rings. The van der Waals surface area contributed by atoms with Gasteiger partial charge in [0.05, 0.1) is 17.9 Å². The number of carbonyl (C=O) groups is 2. The normalized spacial score (nSPS) is 13.7. The minimum Gasteiger partial charge on any atom is -0.494 e. The highest BCUT2D eigenvalue weighted by Gasteiger charge is 2.42. The highest BCUT2D eigenvalue weighted by atomic mass is 35.5. The number of halogens is 1. The van der Waals surface area contributed by atoms with Gasteiger partial charge < -0.3 is 9.64 Å². The monoisotopic (exact) mass is 432 g/mol. The molecule has 0 aromatic heterocycles. The van der Waals surface area contributed by atoms with E-state index in [0.717, 1.165) is 5.69 Å². The van der Waals surface area contributed by atoms with Crippen LogP contribution in [0.15, 0.2) is 84.6 Å². The Morgan fingerprint density at radius 2 is 1.61 bits per heavy atom. The maximum absolute atomic E-state index is 13.5. The maximum atomic E-state index is 13.5. The fraction of sp³-hybridized carbons (Fsp3) is 0.120. The number of carbonyl (C=O) groups excluding carboxylic acids is 2. The number of anilines is 2. The highest BCUT2D eigenvalue weighted by Crippen LogP contribution is 2.37. The van der Waals surface area contributed by atoms with Crippen molar-refractivity contribution in [1.29, 1.82) is 0 Å². The molecule has 0 saturated carbocycles. The first-order valence-electron chi connectivity index (χ1n) is 9.92. The zero-order chi connectivity index (χ0) is 22.0. The number of rotatable bonds is 6. The number of benzene rings is 3. The van der Waals surface area contributed by atoms with Gasteiger partial charge in [-0.15, -0.1) is 0 Å². The van der Waals surface area contributed by atoms with Crippen molar-refractivity contribution in [2.24, 2.45) is 0 Å². The summed E-state index contributed by atoms with van der Waals surface area (Å²) in [5.41, 5.74) is 2.52. The van der Waals surface area contributed by atoms with Crippen LogP contribution in [0, 0.1) is 0 Å². The predicted molar refractivity (Wildman–Crippen MR) is 123 cm³/mol. The van der Waals surface area contributed by atoms with Crippen molar-refractivity contribution in [2.45, 2.75) is 6.92 Å². The first-order chi connectivity index (χ1) is 15.0. The minimum atomic E-state index is -0.400. The van der Waals surface area contributed by atoms with Crippen molar-refractivity contribution in [3.8, 4) is 5.75 Å². The fourth-order valence-electron chi connectivity index (χ4n) is 3.60. The number of nitrogens with zero attached hydrogens (tertiary/aromatic N) is 2. The van der Waals surface area contributed by atoms with E-state index in [-0.39, 0.29) is 0 Å². The number of likely N-dealkylation sites (N-methyl/N-ethyl adjacent to an activating group) is 1. The van der Waals surface area contributed by atoms with Crippen molar-refractivity contribution in [2.75, 3.05) is 23.5 Å². The molecule has 0 spiro atoms. The molecule has 1 heterocycles. The number of para-hydroxylation sites is 1. The van der Waals surface area contributed by atoms with E-state index in [0.29, 0.717) is 39.9 Å². The van der Waals surface area contributed by atoms with Crippen LogP contribution in [-0.2, 0) is 9.59 Å². The van der Waals surface area contributed by atoms with Crippen molar-refractivity contribution < 1.29 is 14.3 Å². The summed E-state index contributed by atoms with van der Waals surface area (Å²) in [5.74, 6) is -0.0926. The van der Waals surface area contributed by atoms with Crippen molar-refractivity contribution >= 4 is 40.4 Å². The van der Waals surface area contributed by atoms with E-state index in [1.807, 2.05) is 37.3 Å². The van der Waals surface area contributed by atoms with E-state index in [1.54, 1.807) is 60.5 Å². The highest BCUT2D eigenvalue weighted by molar-refractivity contribution is 6.46. The van der Waals surface area contributed by atoms with Crippen LogP contribution in [-0.4, -0.2) is 25.5 Å². The van der Waals surface area contributed by atoms with E-state index >= 15 is 0 Å². The molecule has 4 rings (SSSR count). The molecule has 0 unspecified atom stereocenters. The second-order valence-corrected chi connectivity index (χ2v) is 7.44. The molecule has 1 aliphatic heterocycles. The zero-order valence-corrected chi connectivity index (χ0v) is 18.0. The molecule has 0 radical (unpaired) electrons. The molecule has 3 aromatic rings. The van der Waals surface area contributed by atoms with E-state index in [4.69, 9.17) is 16.3 Å². The second kappa shape index (κ2) is 8.66. The number of amides is 2.